The molecule has 2 aliphatic rings. The van der Waals surface area contributed by atoms with Gasteiger partial charge in [0.05, 0.1) is 18.4 Å². The van der Waals surface area contributed by atoms with Crippen molar-refractivity contribution in [2.75, 3.05) is 12.4 Å². The number of amides is 2. The zero-order valence-electron chi connectivity index (χ0n) is 17.2. The number of rotatable bonds is 8. The molecule has 2 aromatic rings. The average Bonchev–Trinajstić information content (AvgIpc) is 3.23. The Bertz CT molecular complexity index is 962. The van der Waals surface area contributed by atoms with Crippen LogP contribution in [-0.2, 0) is 9.53 Å². The van der Waals surface area contributed by atoms with Crippen molar-refractivity contribution in [3.63, 3.8) is 0 Å². The highest BCUT2D eigenvalue weighted by atomic mass is 32.2. The molecule has 30 heavy (non-hydrogen) atoms. The summed E-state index contributed by atoms with van der Waals surface area (Å²) in [6.07, 6.45) is 3.74. The fourth-order valence-corrected chi connectivity index (χ4v) is 4.43. The Morgan fingerprint density at radius 2 is 2.20 bits per heavy atom. The quantitative estimate of drug-likeness (QED) is 0.487. The summed E-state index contributed by atoms with van der Waals surface area (Å²) in [4.78, 5) is 25.1. The van der Waals surface area contributed by atoms with Crippen LogP contribution >= 0.6 is 11.8 Å². The topological polar surface area (TPSA) is 111 Å². The van der Waals surface area contributed by atoms with Crippen LogP contribution in [0.5, 0.6) is 0 Å². The minimum Gasteiger partial charge on any atom is -0.467 e. The van der Waals surface area contributed by atoms with Gasteiger partial charge in [-0.05, 0) is 31.9 Å². The standard InChI is InChI=1S/C20H25N5O4S/c1-4-28-18(26)15-13(21-19(27)22-16(15)14-6-5-9-29-14)10-30-20-24-23-17(11(2)3)25(20)12-7-8-12/h5-6,9,11-12,16H,4,7-8,10H2,1-3H3,(H2,21,22,27). The molecule has 1 fully saturated rings. The van der Waals surface area contributed by atoms with Crippen molar-refractivity contribution in [2.24, 2.45) is 0 Å². The molecule has 1 aliphatic heterocycles. The number of aromatic nitrogens is 3. The number of hydrogen-bond donors (Lipinski definition) is 2. The first-order valence-corrected chi connectivity index (χ1v) is 11.1. The van der Waals surface area contributed by atoms with E-state index in [1.807, 2.05) is 0 Å². The minimum atomic E-state index is -0.712. The van der Waals surface area contributed by atoms with Crippen LogP contribution in [-0.4, -0.2) is 39.1 Å². The van der Waals surface area contributed by atoms with Crippen LogP contribution in [0.15, 0.2) is 39.2 Å². The second kappa shape index (κ2) is 8.55. The lowest BCUT2D eigenvalue weighted by molar-refractivity contribution is -0.139. The lowest BCUT2D eigenvalue weighted by atomic mass is 10.0. The molecule has 1 aliphatic carbocycles. The molecule has 9 nitrogen and oxygen atoms in total. The molecule has 0 spiro atoms. The third-order valence-corrected chi connectivity index (χ3v) is 5.91. The lowest BCUT2D eigenvalue weighted by Crippen LogP contribution is -2.46. The van der Waals surface area contributed by atoms with Gasteiger partial charge < -0.3 is 24.4 Å². The molecule has 2 N–H and O–H groups in total. The number of ether oxygens (including phenoxy) is 1. The first kappa shape index (κ1) is 20.5. The van der Waals surface area contributed by atoms with E-state index in [9.17, 15) is 9.59 Å². The van der Waals surface area contributed by atoms with E-state index in [1.54, 1.807) is 19.1 Å². The Kier molecular flexibility index (Phi) is 5.85. The monoisotopic (exact) mass is 431 g/mol. The maximum Gasteiger partial charge on any atom is 0.338 e. The van der Waals surface area contributed by atoms with E-state index in [4.69, 9.17) is 9.15 Å². The van der Waals surface area contributed by atoms with Gasteiger partial charge in [0, 0.05) is 23.4 Å². The van der Waals surface area contributed by atoms with Crippen LogP contribution in [0, 0.1) is 0 Å². The number of urea groups is 1. The van der Waals surface area contributed by atoms with E-state index >= 15 is 0 Å². The number of thioether (sulfide) groups is 1. The molecule has 0 bridgehead atoms. The number of nitrogens with zero attached hydrogens (tertiary/aromatic N) is 3. The van der Waals surface area contributed by atoms with Gasteiger partial charge in [0.15, 0.2) is 5.16 Å². The van der Waals surface area contributed by atoms with Crippen LogP contribution < -0.4 is 10.6 Å². The van der Waals surface area contributed by atoms with E-state index in [1.165, 1.54) is 18.0 Å². The van der Waals surface area contributed by atoms with Gasteiger partial charge in [0.1, 0.15) is 17.6 Å². The van der Waals surface area contributed by atoms with Crippen molar-refractivity contribution in [3.05, 3.63) is 41.3 Å². The summed E-state index contributed by atoms with van der Waals surface area (Å²) in [5.74, 6) is 1.56. The fraction of sp³-hybridized carbons (Fsp3) is 0.500. The smallest absolute Gasteiger partial charge is 0.338 e. The highest BCUT2D eigenvalue weighted by Gasteiger charge is 2.36. The van der Waals surface area contributed by atoms with Crippen molar-refractivity contribution in [2.45, 2.75) is 56.8 Å². The zero-order valence-corrected chi connectivity index (χ0v) is 18.0. The Hall–Kier alpha value is -2.75. The summed E-state index contributed by atoms with van der Waals surface area (Å²) >= 11 is 1.45. The summed E-state index contributed by atoms with van der Waals surface area (Å²) in [6, 6.07) is 2.75. The van der Waals surface area contributed by atoms with Gasteiger partial charge >= 0.3 is 12.0 Å². The Balaban J connectivity index is 1.65. The molecule has 1 saturated carbocycles. The molecule has 1 unspecified atom stereocenters. The van der Waals surface area contributed by atoms with Gasteiger partial charge in [-0.25, -0.2) is 9.59 Å². The van der Waals surface area contributed by atoms with Gasteiger partial charge in [0.25, 0.3) is 0 Å². The number of hydrogen-bond acceptors (Lipinski definition) is 7. The fourth-order valence-electron chi connectivity index (χ4n) is 3.44. The largest absolute Gasteiger partial charge is 0.467 e. The van der Waals surface area contributed by atoms with Crippen molar-refractivity contribution in [1.29, 1.82) is 0 Å². The number of esters is 1. The lowest BCUT2D eigenvalue weighted by Gasteiger charge is -2.27. The second-order valence-electron chi connectivity index (χ2n) is 7.54. The van der Waals surface area contributed by atoms with Crippen LogP contribution in [0.4, 0.5) is 4.79 Å². The number of carbonyl (C=O) groups is 2. The Morgan fingerprint density at radius 1 is 1.40 bits per heavy atom. The van der Waals surface area contributed by atoms with Gasteiger partial charge in [-0.3, -0.25) is 0 Å². The molecule has 0 saturated heterocycles. The highest BCUT2D eigenvalue weighted by Crippen LogP contribution is 2.40. The van der Waals surface area contributed by atoms with Crippen LogP contribution in [0.3, 0.4) is 0 Å². The highest BCUT2D eigenvalue weighted by molar-refractivity contribution is 7.99. The molecule has 10 heteroatoms. The van der Waals surface area contributed by atoms with Crippen LogP contribution in [0.25, 0.3) is 0 Å². The van der Waals surface area contributed by atoms with Gasteiger partial charge in [-0.1, -0.05) is 25.6 Å². The molecule has 3 heterocycles. The van der Waals surface area contributed by atoms with E-state index in [0.29, 0.717) is 28.8 Å². The number of carbonyl (C=O) groups excluding carboxylic acids is 2. The molecule has 4 rings (SSSR count). The molecular formula is C20H25N5O4S. The molecule has 2 amide bonds. The first-order valence-electron chi connectivity index (χ1n) is 10.1. The molecule has 2 aromatic heterocycles. The van der Waals surface area contributed by atoms with Crippen molar-refractivity contribution in [3.8, 4) is 0 Å². The van der Waals surface area contributed by atoms with Gasteiger partial charge in [-0.15, -0.1) is 10.2 Å². The molecule has 0 aromatic carbocycles. The van der Waals surface area contributed by atoms with Gasteiger partial charge in [-0.2, -0.15) is 0 Å². The maximum absolute atomic E-state index is 12.8. The normalized spacial score (nSPS) is 19.1. The van der Waals surface area contributed by atoms with Crippen LogP contribution in [0.1, 0.15) is 63.2 Å². The first-order chi connectivity index (χ1) is 14.5. The molecule has 1 atom stereocenters. The van der Waals surface area contributed by atoms with Crippen molar-refractivity contribution < 1.29 is 18.7 Å². The second-order valence-corrected chi connectivity index (χ2v) is 8.49. The van der Waals surface area contributed by atoms with E-state index in [-0.39, 0.29) is 12.5 Å². The number of nitrogens with one attached hydrogen (secondary N) is 2. The van der Waals surface area contributed by atoms with E-state index < -0.39 is 18.0 Å². The SMILES string of the molecule is CCOC(=O)C1=C(CSc2nnc(C(C)C)n2C2CC2)NC(=O)NC1c1ccco1. The predicted octanol–water partition coefficient (Wildman–Crippen LogP) is 3.29. The molecule has 160 valence electrons. The minimum absolute atomic E-state index is 0.231. The summed E-state index contributed by atoms with van der Waals surface area (Å²) < 4.78 is 12.9. The summed E-state index contributed by atoms with van der Waals surface area (Å²) in [7, 11) is 0. The van der Waals surface area contributed by atoms with Crippen molar-refractivity contribution >= 4 is 23.8 Å². The number of furan rings is 1. The van der Waals surface area contributed by atoms with Crippen molar-refractivity contribution in [1.82, 2.24) is 25.4 Å². The average molecular weight is 432 g/mol. The Morgan fingerprint density at radius 3 is 2.83 bits per heavy atom. The van der Waals surface area contributed by atoms with Crippen LogP contribution in [0.2, 0.25) is 0 Å². The third kappa shape index (κ3) is 4.09. The summed E-state index contributed by atoms with van der Waals surface area (Å²) in [5.41, 5.74) is 0.820. The third-order valence-electron chi connectivity index (χ3n) is 4.94. The summed E-state index contributed by atoms with van der Waals surface area (Å²) in [6.45, 7) is 6.17. The zero-order chi connectivity index (χ0) is 21.3. The molecular weight excluding hydrogens is 406 g/mol. The predicted molar refractivity (Wildman–Crippen MR) is 110 cm³/mol. The van der Waals surface area contributed by atoms with E-state index in [0.717, 1.165) is 23.8 Å². The Labute approximate surface area is 178 Å². The van der Waals surface area contributed by atoms with Gasteiger partial charge in [0.2, 0.25) is 0 Å². The molecule has 0 radical (unpaired) electrons. The van der Waals surface area contributed by atoms with E-state index in [2.05, 4.69) is 39.2 Å². The maximum atomic E-state index is 12.8. The summed E-state index contributed by atoms with van der Waals surface area (Å²) in [5, 5.41) is 15.0.